The molecule has 0 fully saturated rings. The largest absolute Gasteiger partial charge is 0.479 e. The number of carboxylic acid groups (broad SMARTS) is 2. The van der Waals surface area contributed by atoms with Crippen LogP contribution in [0.2, 0.25) is 0 Å². The first kappa shape index (κ1) is 14.1. The second kappa shape index (κ2) is 5.26. The molecule has 0 spiro atoms. The quantitative estimate of drug-likeness (QED) is 0.476. The van der Waals surface area contributed by atoms with Gasteiger partial charge in [-0.2, -0.15) is 0 Å². The van der Waals surface area contributed by atoms with Crippen LogP contribution in [0.4, 0.5) is 0 Å². The molecule has 2 unspecified atom stereocenters. The highest BCUT2D eigenvalue weighted by molar-refractivity contribution is 5.91. The highest BCUT2D eigenvalue weighted by atomic mass is 16.6. The lowest BCUT2D eigenvalue weighted by molar-refractivity contribution is -0.195. The Morgan fingerprint density at radius 1 is 1.38 bits per heavy atom. The van der Waals surface area contributed by atoms with Crippen molar-refractivity contribution < 1.29 is 34.1 Å². The lowest BCUT2D eigenvalue weighted by atomic mass is 9.99. The Labute approximate surface area is 91.3 Å². The molecule has 0 aliphatic heterocycles. The summed E-state index contributed by atoms with van der Waals surface area (Å²) in [7, 11) is 1.00. The third-order valence-electron chi connectivity index (χ3n) is 1.86. The van der Waals surface area contributed by atoms with Crippen molar-refractivity contribution in [2.75, 3.05) is 7.11 Å². The van der Waals surface area contributed by atoms with Gasteiger partial charge >= 0.3 is 17.9 Å². The molecule has 0 aliphatic carbocycles. The van der Waals surface area contributed by atoms with Crippen molar-refractivity contribution in [2.45, 2.75) is 18.6 Å². The fourth-order valence-corrected chi connectivity index (χ4v) is 1.02. The zero-order valence-electron chi connectivity index (χ0n) is 8.80. The van der Waals surface area contributed by atoms with Crippen molar-refractivity contribution in [1.82, 2.24) is 0 Å². The Kier molecular flexibility index (Phi) is 4.64. The molecular weight excluding hydrogens is 220 g/mol. The van der Waals surface area contributed by atoms with Crippen LogP contribution in [0, 0.1) is 0 Å². The van der Waals surface area contributed by atoms with Crippen LogP contribution in [0.1, 0.15) is 6.92 Å². The summed E-state index contributed by atoms with van der Waals surface area (Å²) in [5.74, 6) is -4.23. The van der Waals surface area contributed by atoms with Gasteiger partial charge in [-0.3, -0.25) is 0 Å². The standard InChI is InChI=1S/C9H12O7/c1-4-5(10)16-9(2,8(13)14)6(15-3)7(11)12/h4,6H,1H2,2-3H3,(H,11,12)(H,13,14). The zero-order chi connectivity index (χ0) is 12.9. The van der Waals surface area contributed by atoms with Gasteiger partial charge in [0.2, 0.25) is 11.7 Å². The molecule has 90 valence electrons. The van der Waals surface area contributed by atoms with E-state index in [4.69, 9.17) is 10.2 Å². The van der Waals surface area contributed by atoms with Crippen molar-refractivity contribution in [2.24, 2.45) is 0 Å². The molecule has 0 rings (SSSR count). The molecule has 2 atom stereocenters. The van der Waals surface area contributed by atoms with Crippen molar-refractivity contribution in [3.05, 3.63) is 12.7 Å². The number of aliphatic carboxylic acids is 2. The van der Waals surface area contributed by atoms with E-state index in [1.807, 2.05) is 0 Å². The summed E-state index contributed by atoms with van der Waals surface area (Å²) in [4.78, 5) is 32.6. The predicted molar refractivity (Wildman–Crippen MR) is 50.8 cm³/mol. The Hall–Kier alpha value is -1.89. The van der Waals surface area contributed by atoms with Crippen molar-refractivity contribution in [3.8, 4) is 0 Å². The van der Waals surface area contributed by atoms with E-state index in [2.05, 4.69) is 16.1 Å². The molecule has 0 aliphatic rings. The maximum absolute atomic E-state index is 10.9. The summed E-state index contributed by atoms with van der Waals surface area (Å²) in [5.41, 5.74) is -2.31. The number of methoxy groups -OCH3 is 1. The molecule has 7 heteroatoms. The van der Waals surface area contributed by atoms with Gasteiger partial charge in [0.25, 0.3) is 0 Å². The number of esters is 1. The number of carboxylic acids is 2. The summed E-state index contributed by atoms with van der Waals surface area (Å²) >= 11 is 0. The minimum Gasteiger partial charge on any atom is -0.479 e. The second-order valence-electron chi connectivity index (χ2n) is 2.99. The monoisotopic (exact) mass is 232 g/mol. The molecule has 0 saturated heterocycles. The van der Waals surface area contributed by atoms with Crippen LogP contribution >= 0.6 is 0 Å². The Bertz CT molecular complexity index is 322. The van der Waals surface area contributed by atoms with Crippen molar-refractivity contribution >= 4 is 17.9 Å². The summed E-state index contributed by atoms with van der Waals surface area (Å²) in [6, 6.07) is 0. The van der Waals surface area contributed by atoms with Gasteiger partial charge in [-0.15, -0.1) is 0 Å². The highest BCUT2D eigenvalue weighted by Crippen LogP contribution is 2.20. The maximum atomic E-state index is 10.9. The third kappa shape index (κ3) is 2.80. The van der Waals surface area contributed by atoms with E-state index in [0.717, 1.165) is 20.1 Å². The van der Waals surface area contributed by atoms with E-state index < -0.39 is 29.6 Å². The van der Waals surface area contributed by atoms with Crippen LogP contribution in [0.15, 0.2) is 12.7 Å². The van der Waals surface area contributed by atoms with Crippen LogP contribution in [0.25, 0.3) is 0 Å². The molecule has 0 radical (unpaired) electrons. The van der Waals surface area contributed by atoms with Crippen LogP contribution in [-0.2, 0) is 23.9 Å². The molecule has 2 N–H and O–H groups in total. The highest BCUT2D eigenvalue weighted by Gasteiger charge is 2.50. The van der Waals surface area contributed by atoms with Crippen LogP contribution in [-0.4, -0.2) is 46.9 Å². The van der Waals surface area contributed by atoms with E-state index in [-0.39, 0.29) is 0 Å². The molecule has 0 aromatic rings. The number of hydrogen-bond donors (Lipinski definition) is 2. The number of carbonyl (C=O) groups excluding carboxylic acids is 1. The number of rotatable bonds is 6. The van der Waals surface area contributed by atoms with Gasteiger partial charge in [0, 0.05) is 13.2 Å². The molecule has 0 aromatic heterocycles. The molecule has 0 saturated carbocycles. The average molecular weight is 232 g/mol. The SMILES string of the molecule is C=CC(=O)OC(C)(C(=O)O)C(OC)C(=O)O. The van der Waals surface area contributed by atoms with Crippen LogP contribution < -0.4 is 0 Å². The Morgan fingerprint density at radius 3 is 2.12 bits per heavy atom. The van der Waals surface area contributed by atoms with Crippen LogP contribution in [0.5, 0.6) is 0 Å². The van der Waals surface area contributed by atoms with Crippen molar-refractivity contribution in [3.63, 3.8) is 0 Å². The molecular formula is C9H12O7. The Balaban J connectivity index is 5.23. The summed E-state index contributed by atoms with van der Waals surface area (Å²) < 4.78 is 8.99. The van der Waals surface area contributed by atoms with E-state index >= 15 is 0 Å². The third-order valence-corrected chi connectivity index (χ3v) is 1.86. The number of ether oxygens (including phenoxy) is 2. The van der Waals surface area contributed by atoms with Gasteiger partial charge in [0.05, 0.1) is 0 Å². The first-order valence-electron chi connectivity index (χ1n) is 4.14. The topological polar surface area (TPSA) is 110 Å². The lowest BCUT2D eigenvalue weighted by Gasteiger charge is -2.29. The predicted octanol–water partition coefficient (Wildman–Crippen LogP) is -0.342. The summed E-state index contributed by atoms with van der Waals surface area (Å²) in [5, 5.41) is 17.6. The summed E-state index contributed by atoms with van der Waals surface area (Å²) in [6.45, 7) is 4.01. The molecule has 0 aromatic carbocycles. The van der Waals surface area contributed by atoms with Crippen molar-refractivity contribution in [1.29, 1.82) is 0 Å². The smallest absolute Gasteiger partial charge is 0.351 e. The fraction of sp³-hybridized carbons (Fsp3) is 0.444. The van der Waals surface area contributed by atoms with E-state index in [0.29, 0.717) is 0 Å². The fourth-order valence-electron chi connectivity index (χ4n) is 1.02. The van der Waals surface area contributed by atoms with E-state index in [9.17, 15) is 14.4 Å². The van der Waals surface area contributed by atoms with E-state index in [1.54, 1.807) is 0 Å². The van der Waals surface area contributed by atoms with Gasteiger partial charge in [0.1, 0.15) is 0 Å². The molecule has 7 nitrogen and oxygen atoms in total. The molecule has 0 bridgehead atoms. The van der Waals surface area contributed by atoms with Gasteiger partial charge in [-0.1, -0.05) is 6.58 Å². The number of hydrogen-bond acceptors (Lipinski definition) is 5. The van der Waals surface area contributed by atoms with Gasteiger partial charge in [-0.05, 0) is 6.92 Å². The molecule has 0 amide bonds. The number of carbonyl (C=O) groups is 3. The first-order chi connectivity index (χ1) is 7.29. The molecule has 16 heavy (non-hydrogen) atoms. The maximum Gasteiger partial charge on any atom is 0.351 e. The van der Waals surface area contributed by atoms with Crippen LogP contribution in [0.3, 0.4) is 0 Å². The zero-order valence-corrected chi connectivity index (χ0v) is 8.80. The minimum absolute atomic E-state index is 0.732. The minimum atomic E-state index is -2.31. The first-order valence-corrected chi connectivity index (χ1v) is 4.14. The molecule has 0 heterocycles. The van der Waals surface area contributed by atoms with Gasteiger partial charge < -0.3 is 19.7 Å². The lowest BCUT2D eigenvalue weighted by Crippen LogP contribution is -2.54. The summed E-state index contributed by atoms with van der Waals surface area (Å²) in [6.07, 6.45) is -1.08. The Morgan fingerprint density at radius 2 is 1.88 bits per heavy atom. The van der Waals surface area contributed by atoms with Gasteiger partial charge in [-0.25, -0.2) is 14.4 Å². The van der Waals surface area contributed by atoms with Gasteiger partial charge in [0.15, 0.2) is 0 Å². The van der Waals surface area contributed by atoms with E-state index in [1.165, 1.54) is 0 Å². The normalized spacial score (nSPS) is 15.6. The average Bonchev–Trinajstić information content (AvgIpc) is 2.17. The second-order valence-corrected chi connectivity index (χ2v) is 2.99.